The van der Waals surface area contributed by atoms with E-state index >= 15 is 0 Å². The van der Waals surface area contributed by atoms with Crippen molar-refractivity contribution in [2.75, 3.05) is 26.9 Å². The van der Waals surface area contributed by atoms with Gasteiger partial charge in [0.2, 0.25) is 0 Å². The number of aliphatic hydroxyl groups excluding tert-OH is 1. The smallest absolute Gasteiger partial charge is 0.387 e. The number of hydrogen-bond donors (Lipinski definition) is 1. The Labute approximate surface area is 291 Å². The average molecular weight is 741 g/mol. The maximum absolute atomic E-state index is 14.0. The Bertz CT molecular complexity index is 1810. The molecule has 2 aromatic heterocycles. The highest BCUT2D eigenvalue weighted by Crippen LogP contribution is 2.43. The maximum Gasteiger partial charge on any atom is 0.387 e. The minimum absolute atomic E-state index is 0.0345. The van der Waals surface area contributed by atoms with Crippen LogP contribution in [0, 0.1) is 23.4 Å². The van der Waals surface area contributed by atoms with E-state index < -0.39 is 77.0 Å². The minimum atomic E-state index is -2.99. The van der Waals surface area contributed by atoms with Crippen LogP contribution in [-0.2, 0) is 23.7 Å². The zero-order chi connectivity index (χ0) is 36.4. The van der Waals surface area contributed by atoms with Crippen LogP contribution in [-0.4, -0.2) is 104 Å². The normalized spacial score (nSPS) is 26.7. The number of ether oxygens (including phenoxy) is 5. The number of rotatable bonds is 11. The summed E-state index contributed by atoms with van der Waals surface area (Å²) in [5.41, 5.74) is 0.0699. The lowest BCUT2D eigenvalue weighted by Crippen LogP contribution is -2.54. The lowest BCUT2D eigenvalue weighted by atomic mass is 9.89. The van der Waals surface area contributed by atoms with Gasteiger partial charge in [0.25, 0.3) is 0 Å². The first-order valence-corrected chi connectivity index (χ1v) is 16.6. The number of alkyl halides is 2. The largest absolute Gasteiger partial charge is 0.463 e. The first kappa shape index (κ1) is 36.6. The summed E-state index contributed by atoms with van der Waals surface area (Å²) in [4.78, 5) is 11.7. The molecule has 2 aliphatic heterocycles. The molecule has 4 heterocycles. The predicted octanol–water partition coefficient (Wildman–Crippen LogP) is 4.44. The molecule has 2 saturated heterocycles. The number of halogens is 5. The lowest BCUT2D eigenvalue weighted by molar-refractivity contribution is -0.172. The number of benzene rings is 2. The van der Waals surface area contributed by atoms with E-state index in [0.29, 0.717) is 11.3 Å². The summed E-state index contributed by atoms with van der Waals surface area (Å²) in [6.45, 7) is 0.199. The first-order chi connectivity index (χ1) is 24.4. The van der Waals surface area contributed by atoms with E-state index in [4.69, 9.17) is 18.9 Å². The molecule has 0 aliphatic carbocycles. The third kappa shape index (κ3) is 8.01. The van der Waals surface area contributed by atoms with Crippen molar-refractivity contribution in [3.63, 3.8) is 0 Å². The van der Waals surface area contributed by atoms with Crippen molar-refractivity contribution in [2.24, 2.45) is 5.92 Å². The van der Waals surface area contributed by atoms with Crippen molar-refractivity contribution >= 4 is 17.7 Å². The summed E-state index contributed by atoms with van der Waals surface area (Å²) in [5.74, 6) is -5.36. The summed E-state index contributed by atoms with van der Waals surface area (Å²) in [7, 11) is 1.46. The number of carbonyl (C=O) groups excluding carboxylic acids is 1. The number of aliphatic hydroxyl groups is 1. The second-order valence-corrected chi connectivity index (χ2v) is 13.3. The third-order valence-corrected chi connectivity index (χ3v) is 10.1. The molecule has 0 amide bonds. The predicted molar refractivity (Wildman–Crippen MR) is 169 cm³/mol. The Kier molecular flexibility index (Phi) is 11.2. The van der Waals surface area contributed by atoms with E-state index in [-0.39, 0.29) is 36.8 Å². The van der Waals surface area contributed by atoms with Crippen LogP contribution in [0.15, 0.2) is 48.8 Å². The van der Waals surface area contributed by atoms with Crippen LogP contribution in [0.5, 0.6) is 5.75 Å². The van der Waals surface area contributed by atoms with Gasteiger partial charge in [-0.25, -0.2) is 22.5 Å². The Hall–Kier alpha value is -4.17. The van der Waals surface area contributed by atoms with Gasteiger partial charge in [-0.15, -0.1) is 22.0 Å². The quantitative estimate of drug-likeness (QED) is 0.132. The molecule has 0 bridgehead atoms. The number of esters is 1. The molecule has 51 heavy (non-hydrogen) atoms. The molecule has 1 N–H and O–H groups in total. The second kappa shape index (κ2) is 15.6. The Morgan fingerprint density at radius 3 is 2.41 bits per heavy atom. The lowest BCUT2D eigenvalue weighted by Gasteiger charge is -2.46. The van der Waals surface area contributed by atoms with Gasteiger partial charge in [-0.1, -0.05) is 29.5 Å². The fourth-order valence-corrected chi connectivity index (χ4v) is 7.63. The second-order valence-electron chi connectivity index (χ2n) is 12.0. The summed E-state index contributed by atoms with van der Waals surface area (Å²) in [5, 5.41) is 27.6. The molecule has 6 rings (SSSR count). The highest BCUT2D eigenvalue weighted by atomic mass is 32.2. The van der Waals surface area contributed by atoms with Crippen molar-refractivity contribution in [1.82, 2.24) is 30.0 Å². The van der Waals surface area contributed by atoms with Crippen molar-refractivity contribution in [1.29, 1.82) is 0 Å². The molecular formula is C32H33F5N6O7S. The molecule has 2 fully saturated rings. The maximum atomic E-state index is 14.0. The van der Waals surface area contributed by atoms with E-state index in [1.165, 1.54) is 53.5 Å². The molecule has 0 radical (unpaired) electrons. The van der Waals surface area contributed by atoms with Gasteiger partial charge >= 0.3 is 12.6 Å². The summed E-state index contributed by atoms with van der Waals surface area (Å²) < 4.78 is 98.1. The van der Waals surface area contributed by atoms with Gasteiger partial charge in [0.05, 0.1) is 49.1 Å². The number of thioether (sulfide) groups is 1. The number of hydrogen-bond acceptors (Lipinski definition) is 12. The van der Waals surface area contributed by atoms with Gasteiger partial charge in [-0.2, -0.15) is 8.78 Å². The zero-order valence-electron chi connectivity index (χ0n) is 27.3. The van der Waals surface area contributed by atoms with Crippen LogP contribution < -0.4 is 4.74 Å². The van der Waals surface area contributed by atoms with Gasteiger partial charge in [0, 0.05) is 31.1 Å². The molecular weight excluding hydrogens is 707 g/mol. The zero-order valence-corrected chi connectivity index (χ0v) is 28.1. The van der Waals surface area contributed by atoms with E-state index in [1.807, 2.05) is 6.92 Å². The molecule has 13 nitrogen and oxygen atoms in total. The number of nitrogens with zero attached hydrogens (tertiary/aromatic N) is 6. The molecule has 8 atom stereocenters. The highest BCUT2D eigenvalue weighted by Gasteiger charge is 2.49. The Morgan fingerprint density at radius 1 is 1.04 bits per heavy atom. The fourth-order valence-electron chi connectivity index (χ4n) is 6.13. The van der Waals surface area contributed by atoms with Crippen LogP contribution in [0.4, 0.5) is 22.0 Å². The Balaban J connectivity index is 1.23. The van der Waals surface area contributed by atoms with Gasteiger partial charge in [-0.3, -0.25) is 4.79 Å². The number of aromatic nitrogens is 6. The molecule has 8 unspecified atom stereocenters. The summed E-state index contributed by atoms with van der Waals surface area (Å²) in [6.07, 6.45) is 0.536. The topological polar surface area (TPSA) is 145 Å². The van der Waals surface area contributed by atoms with Crippen molar-refractivity contribution in [3.8, 4) is 28.3 Å². The van der Waals surface area contributed by atoms with Gasteiger partial charge in [0.15, 0.2) is 17.5 Å². The van der Waals surface area contributed by atoms with E-state index in [0.717, 1.165) is 12.1 Å². The van der Waals surface area contributed by atoms with Crippen LogP contribution in [0.3, 0.4) is 0 Å². The van der Waals surface area contributed by atoms with Crippen LogP contribution >= 0.6 is 11.8 Å². The first-order valence-electron chi connectivity index (χ1n) is 15.7. The van der Waals surface area contributed by atoms with Crippen molar-refractivity contribution in [2.45, 2.75) is 61.5 Å². The average Bonchev–Trinajstić information content (AvgIpc) is 3.78. The molecule has 274 valence electrons. The van der Waals surface area contributed by atoms with Gasteiger partial charge in [0.1, 0.15) is 41.3 Å². The van der Waals surface area contributed by atoms with E-state index in [1.54, 1.807) is 18.3 Å². The fraction of sp³-hybridized carbons (Fsp3) is 0.469. The summed E-state index contributed by atoms with van der Waals surface area (Å²) >= 11 is 1.22. The summed E-state index contributed by atoms with van der Waals surface area (Å²) in [6, 6.07) is 6.29. The van der Waals surface area contributed by atoms with Crippen LogP contribution in [0.1, 0.15) is 25.9 Å². The molecule has 0 spiro atoms. The SMILES string of the molecule is COC1C(SC2COCC(n3cc(-c4cccc(OC(F)F)c4)nn3)C2O)OC(COC(C)=O)C(C)C1n1cc(-c2cc(F)c(F)c(F)c2)nn1. The Morgan fingerprint density at radius 2 is 1.73 bits per heavy atom. The van der Waals surface area contributed by atoms with Crippen molar-refractivity contribution < 1.29 is 55.5 Å². The standard InChI is InChI=1S/C32H33F5N6O7S/c1-15-25(13-48-16(2)44)50-31(30(46-3)28(15)43-11-23(39-41-43)18-8-20(33)27(35)21(34)9-18)51-26-14-47-12-24(29(26)45)42-10-22(38-40-42)17-5-4-6-19(7-17)49-32(36)37/h4-11,15,24-26,28-32,45H,12-14H2,1-3H3. The molecule has 0 saturated carbocycles. The van der Waals surface area contributed by atoms with Gasteiger partial charge in [-0.05, 0) is 24.3 Å². The molecule has 19 heteroatoms. The molecule has 4 aromatic rings. The minimum Gasteiger partial charge on any atom is -0.463 e. The molecule has 2 aromatic carbocycles. The van der Waals surface area contributed by atoms with Crippen LogP contribution in [0.25, 0.3) is 22.5 Å². The van der Waals surface area contributed by atoms with Crippen molar-refractivity contribution in [3.05, 3.63) is 66.2 Å². The monoisotopic (exact) mass is 740 g/mol. The number of carbonyl (C=O) groups is 1. The third-order valence-electron chi connectivity index (χ3n) is 8.72. The molecule has 2 aliphatic rings. The van der Waals surface area contributed by atoms with Gasteiger partial charge < -0.3 is 28.8 Å². The van der Waals surface area contributed by atoms with E-state index in [2.05, 4.69) is 25.4 Å². The van der Waals surface area contributed by atoms with Crippen LogP contribution in [0.2, 0.25) is 0 Å². The highest BCUT2D eigenvalue weighted by molar-refractivity contribution is 8.00. The van der Waals surface area contributed by atoms with E-state index in [9.17, 15) is 31.9 Å². The number of methoxy groups -OCH3 is 1.